The zero-order valence-corrected chi connectivity index (χ0v) is 7.12. The smallest absolute Gasteiger partial charge is 0.154 e. The third kappa shape index (κ3) is 7.78. The van der Waals surface area contributed by atoms with Crippen LogP contribution in [0.25, 0.3) is 0 Å². The number of hydrogen-bond acceptors (Lipinski definition) is 3. The molecule has 3 heteroatoms. The molecule has 0 saturated carbocycles. The van der Waals surface area contributed by atoms with Crippen molar-refractivity contribution in [3.8, 4) is 0 Å². The molecule has 0 aliphatic rings. The quantitative estimate of drug-likeness (QED) is 0.432. The summed E-state index contributed by atoms with van der Waals surface area (Å²) in [6.45, 7) is 2.75. The van der Waals surface area contributed by atoms with E-state index in [-0.39, 0.29) is 6.61 Å². The maximum absolute atomic E-state index is 9.06. The van der Waals surface area contributed by atoms with E-state index in [2.05, 4.69) is 0 Å². The van der Waals surface area contributed by atoms with Crippen LogP contribution in [0.2, 0.25) is 0 Å². The van der Waals surface area contributed by atoms with Gasteiger partial charge in [0.05, 0.1) is 0 Å². The zero-order valence-electron chi connectivity index (χ0n) is 7.12. The zero-order chi connectivity index (χ0) is 8.53. The van der Waals surface area contributed by atoms with E-state index < -0.39 is 6.29 Å². The van der Waals surface area contributed by atoms with Crippen LogP contribution in [0, 0.1) is 0 Å². The van der Waals surface area contributed by atoms with Crippen molar-refractivity contribution in [2.45, 2.75) is 38.9 Å². The molecule has 3 nitrogen and oxygen atoms in total. The van der Waals surface area contributed by atoms with Crippen LogP contribution in [0.1, 0.15) is 32.6 Å². The number of aliphatic hydroxyl groups is 2. The lowest BCUT2D eigenvalue weighted by Crippen LogP contribution is -2.12. The predicted molar refractivity (Wildman–Crippen MR) is 43.2 cm³/mol. The fourth-order valence-corrected chi connectivity index (χ4v) is 0.764. The van der Waals surface area contributed by atoms with Crippen molar-refractivity contribution in [1.29, 1.82) is 0 Å². The van der Waals surface area contributed by atoms with Gasteiger partial charge in [-0.1, -0.05) is 13.3 Å². The molecule has 0 aliphatic heterocycles. The van der Waals surface area contributed by atoms with Gasteiger partial charge in [0.1, 0.15) is 0 Å². The SMILES string of the molecule is CCCC(O)OCCCCO. The molecule has 0 aromatic heterocycles. The van der Waals surface area contributed by atoms with Gasteiger partial charge in [0.15, 0.2) is 6.29 Å². The molecular formula is C8H18O3. The molecular weight excluding hydrogens is 144 g/mol. The van der Waals surface area contributed by atoms with Crippen molar-refractivity contribution in [2.75, 3.05) is 13.2 Å². The molecule has 0 aromatic rings. The Labute approximate surface area is 68.0 Å². The molecule has 0 aliphatic carbocycles. The molecule has 0 bridgehead atoms. The Morgan fingerprint density at radius 1 is 1.36 bits per heavy atom. The summed E-state index contributed by atoms with van der Waals surface area (Å²) in [5.74, 6) is 0. The number of hydrogen-bond donors (Lipinski definition) is 2. The Morgan fingerprint density at radius 2 is 2.09 bits per heavy atom. The second kappa shape index (κ2) is 7.98. The summed E-state index contributed by atoms with van der Waals surface area (Å²) >= 11 is 0. The molecule has 0 amide bonds. The molecule has 0 spiro atoms. The molecule has 68 valence electrons. The van der Waals surface area contributed by atoms with Crippen LogP contribution in [0.15, 0.2) is 0 Å². The highest BCUT2D eigenvalue weighted by Crippen LogP contribution is 1.99. The Morgan fingerprint density at radius 3 is 2.64 bits per heavy atom. The van der Waals surface area contributed by atoms with Crippen molar-refractivity contribution >= 4 is 0 Å². The van der Waals surface area contributed by atoms with Gasteiger partial charge in [-0.15, -0.1) is 0 Å². The topological polar surface area (TPSA) is 49.7 Å². The van der Waals surface area contributed by atoms with Crippen LogP contribution in [0.3, 0.4) is 0 Å². The highest BCUT2D eigenvalue weighted by Gasteiger charge is 2.00. The van der Waals surface area contributed by atoms with E-state index in [1.54, 1.807) is 0 Å². The number of aliphatic hydroxyl groups excluding tert-OH is 2. The van der Waals surface area contributed by atoms with Crippen molar-refractivity contribution in [3.05, 3.63) is 0 Å². The number of ether oxygens (including phenoxy) is 1. The first-order chi connectivity index (χ1) is 5.31. The normalized spacial score (nSPS) is 13.4. The highest BCUT2D eigenvalue weighted by molar-refractivity contribution is 4.41. The number of rotatable bonds is 7. The van der Waals surface area contributed by atoms with Gasteiger partial charge >= 0.3 is 0 Å². The lowest BCUT2D eigenvalue weighted by Gasteiger charge is -2.09. The molecule has 11 heavy (non-hydrogen) atoms. The Bertz CT molecular complexity index is 75.7. The van der Waals surface area contributed by atoms with Crippen LogP contribution in [0.4, 0.5) is 0 Å². The van der Waals surface area contributed by atoms with Crippen molar-refractivity contribution in [1.82, 2.24) is 0 Å². The van der Waals surface area contributed by atoms with Gasteiger partial charge < -0.3 is 14.9 Å². The Hall–Kier alpha value is -0.120. The van der Waals surface area contributed by atoms with Gasteiger partial charge in [-0.25, -0.2) is 0 Å². The molecule has 0 saturated heterocycles. The number of unbranched alkanes of at least 4 members (excludes halogenated alkanes) is 1. The predicted octanol–water partition coefficient (Wildman–Crippen LogP) is 0.894. The first-order valence-corrected chi connectivity index (χ1v) is 4.21. The van der Waals surface area contributed by atoms with Gasteiger partial charge in [-0.2, -0.15) is 0 Å². The van der Waals surface area contributed by atoms with Crippen LogP contribution in [-0.4, -0.2) is 29.7 Å². The van der Waals surface area contributed by atoms with E-state index in [1.807, 2.05) is 6.92 Å². The summed E-state index contributed by atoms with van der Waals surface area (Å²) in [6, 6.07) is 0. The van der Waals surface area contributed by atoms with E-state index in [4.69, 9.17) is 14.9 Å². The fourth-order valence-electron chi connectivity index (χ4n) is 0.764. The fraction of sp³-hybridized carbons (Fsp3) is 1.00. The minimum Gasteiger partial charge on any atom is -0.396 e. The molecule has 1 atom stereocenters. The monoisotopic (exact) mass is 162 g/mol. The first-order valence-electron chi connectivity index (χ1n) is 4.21. The van der Waals surface area contributed by atoms with E-state index in [1.165, 1.54) is 0 Å². The third-order valence-corrected chi connectivity index (χ3v) is 1.40. The van der Waals surface area contributed by atoms with Gasteiger partial charge in [0.25, 0.3) is 0 Å². The van der Waals surface area contributed by atoms with Crippen LogP contribution >= 0.6 is 0 Å². The highest BCUT2D eigenvalue weighted by atomic mass is 16.6. The summed E-state index contributed by atoms with van der Waals surface area (Å²) in [5.41, 5.74) is 0. The third-order valence-electron chi connectivity index (χ3n) is 1.40. The minimum atomic E-state index is -0.612. The summed E-state index contributed by atoms with van der Waals surface area (Å²) in [5, 5.41) is 17.5. The first kappa shape index (κ1) is 10.9. The second-order valence-electron chi connectivity index (χ2n) is 2.54. The second-order valence-corrected chi connectivity index (χ2v) is 2.54. The molecule has 1 unspecified atom stereocenters. The molecule has 0 radical (unpaired) electrons. The molecule has 0 aromatic carbocycles. The van der Waals surface area contributed by atoms with Crippen molar-refractivity contribution in [3.63, 3.8) is 0 Å². The van der Waals surface area contributed by atoms with E-state index in [0.717, 1.165) is 19.3 Å². The Kier molecular flexibility index (Phi) is 7.89. The van der Waals surface area contributed by atoms with Crippen LogP contribution in [-0.2, 0) is 4.74 Å². The average Bonchev–Trinajstić information content (AvgIpc) is 1.99. The Balaban J connectivity index is 2.97. The van der Waals surface area contributed by atoms with Crippen molar-refractivity contribution < 1.29 is 14.9 Å². The summed E-state index contributed by atoms with van der Waals surface area (Å²) < 4.78 is 5.03. The van der Waals surface area contributed by atoms with Crippen LogP contribution < -0.4 is 0 Å². The molecule has 2 N–H and O–H groups in total. The van der Waals surface area contributed by atoms with Crippen LogP contribution in [0.5, 0.6) is 0 Å². The summed E-state index contributed by atoms with van der Waals surface area (Å²) in [4.78, 5) is 0. The summed E-state index contributed by atoms with van der Waals surface area (Å²) in [6.07, 6.45) is 2.58. The maximum atomic E-state index is 9.06. The van der Waals surface area contributed by atoms with Crippen molar-refractivity contribution in [2.24, 2.45) is 0 Å². The summed E-state index contributed by atoms with van der Waals surface area (Å²) in [7, 11) is 0. The lowest BCUT2D eigenvalue weighted by atomic mass is 10.3. The molecule has 0 rings (SSSR count). The van der Waals surface area contributed by atoms with E-state index >= 15 is 0 Å². The van der Waals surface area contributed by atoms with Gasteiger partial charge in [-0.05, 0) is 19.3 Å². The van der Waals surface area contributed by atoms with Gasteiger partial charge in [0, 0.05) is 13.2 Å². The minimum absolute atomic E-state index is 0.202. The van der Waals surface area contributed by atoms with E-state index in [0.29, 0.717) is 13.0 Å². The van der Waals surface area contributed by atoms with Gasteiger partial charge in [-0.3, -0.25) is 0 Å². The standard InChI is InChI=1S/C8H18O3/c1-2-5-8(10)11-7-4-3-6-9/h8-10H,2-7H2,1H3. The largest absolute Gasteiger partial charge is 0.396 e. The maximum Gasteiger partial charge on any atom is 0.154 e. The lowest BCUT2D eigenvalue weighted by molar-refractivity contribution is -0.104. The molecule has 0 heterocycles. The average molecular weight is 162 g/mol. The van der Waals surface area contributed by atoms with Gasteiger partial charge in [0.2, 0.25) is 0 Å². The molecule has 0 fully saturated rings. The van der Waals surface area contributed by atoms with E-state index in [9.17, 15) is 0 Å².